The van der Waals surface area contributed by atoms with E-state index in [4.69, 9.17) is 0 Å². The van der Waals surface area contributed by atoms with E-state index in [0.717, 1.165) is 6.07 Å². The third-order valence-electron chi connectivity index (χ3n) is 1.67. The molecule has 3 nitrogen and oxygen atoms in total. The molecular weight excluding hydrogens is 187 g/mol. The van der Waals surface area contributed by atoms with Crippen molar-refractivity contribution in [3.05, 3.63) is 29.1 Å². The van der Waals surface area contributed by atoms with Crippen LogP contribution >= 0.6 is 0 Å². The maximum Gasteiger partial charge on any atom is 0.308 e. The first kappa shape index (κ1) is 10.4. The Morgan fingerprint density at radius 1 is 1.50 bits per heavy atom. The number of aldehydes is 1. The van der Waals surface area contributed by atoms with Crippen LogP contribution in [0.25, 0.3) is 0 Å². The van der Waals surface area contributed by atoms with Crippen LogP contribution < -0.4 is 4.74 Å². The van der Waals surface area contributed by atoms with Gasteiger partial charge in [-0.05, 0) is 18.6 Å². The number of hydrogen-bond donors (Lipinski definition) is 0. The van der Waals surface area contributed by atoms with Crippen LogP contribution in [0.3, 0.4) is 0 Å². The van der Waals surface area contributed by atoms with Crippen LogP contribution in [0, 0.1) is 12.7 Å². The van der Waals surface area contributed by atoms with E-state index in [-0.39, 0.29) is 11.3 Å². The minimum absolute atomic E-state index is 0.0457. The van der Waals surface area contributed by atoms with Gasteiger partial charge in [-0.25, -0.2) is 4.39 Å². The number of carbonyl (C=O) groups excluding carboxylic acids is 2. The quantitative estimate of drug-likeness (QED) is 0.412. The third kappa shape index (κ3) is 2.16. The van der Waals surface area contributed by atoms with Gasteiger partial charge in [0.15, 0.2) is 6.29 Å². The largest absolute Gasteiger partial charge is 0.426 e. The van der Waals surface area contributed by atoms with Gasteiger partial charge in [0, 0.05) is 13.0 Å². The van der Waals surface area contributed by atoms with Crippen molar-refractivity contribution in [2.24, 2.45) is 0 Å². The van der Waals surface area contributed by atoms with Gasteiger partial charge in [-0.3, -0.25) is 9.59 Å². The highest BCUT2D eigenvalue weighted by Gasteiger charge is 2.09. The molecule has 1 rings (SSSR count). The number of rotatable bonds is 2. The lowest BCUT2D eigenvalue weighted by Gasteiger charge is -2.05. The van der Waals surface area contributed by atoms with Crippen molar-refractivity contribution in [2.75, 3.05) is 0 Å². The van der Waals surface area contributed by atoms with Crippen LogP contribution in [0.4, 0.5) is 4.39 Å². The summed E-state index contributed by atoms with van der Waals surface area (Å²) in [6.45, 7) is 2.71. The zero-order valence-electron chi connectivity index (χ0n) is 7.83. The molecule has 1 aromatic rings. The first-order valence-electron chi connectivity index (χ1n) is 3.98. The maximum absolute atomic E-state index is 13.0. The van der Waals surface area contributed by atoms with Crippen molar-refractivity contribution < 1.29 is 18.7 Å². The Kier molecular flexibility index (Phi) is 2.96. The molecule has 0 saturated carbocycles. The van der Waals surface area contributed by atoms with Gasteiger partial charge in [0.25, 0.3) is 0 Å². The number of benzene rings is 1. The smallest absolute Gasteiger partial charge is 0.308 e. The Morgan fingerprint density at radius 2 is 2.14 bits per heavy atom. The van der Waals surface area contributed by atoms with Crippen molar-refractivity contribution in [1.82, 2.24) is 0 Å². The highest BCUT2D eigenvalue weighted by Crippen LogP contribution is 2.21. The molecule has 0 aromatic heterocycles. The molecule has 14 heavy (non-hydrogen) atoms. The second-order valence-corrected chi connectivity index (χ2v) is 2.85. The van der Waals surface area contributed by atoms with Gasteiger partial charge >= 0.3 is 5.97 Å². The molecule has 0 bridgehead atoms. The fourth-order valence-electron chi connectivity index (χ4n) is 1.02. The molecule has 0 amide bonds. The van der Waals surface area contributed by atoms with E-state index in [9.17, 15) is 14.0 Å². The van der Waals surface area contributed by atoms with E-state index in [1.165, 1.54) is 19.9 Å². The van der Waals surface area contributed by atoms with Gasteiger partial charge in [-0.15, -0.1) is 0 Å². The summed E-state index contributed by atoms with van der Waals surface area (Å²) in [6, 6.07) is 2.36. The summed E-state index contributed by atoms with van der Waals surface area (Å²) >= 11 is 0. The summed E-state index contributed by atoms with van der Waals surface area (Å²) in [5.74, 6) is -1.14. The van der Waals surface area contributed by atoms with Crippen LogP contribution in [-0.2, 0) is 4.79 Å². The summed E-state index contributed by atoms with van der Waals surface area (Å²) in [6.07, 6.45) is 0.519. The van der Waals surface area contributed by atoms with Crippen molar-refractivity contribution in [2.45, 2.75) is 13.8 Å². The number of halogens is 1. The van der Waals surface area contributed by atoms with Crippen LogP contribution in [-0.4, -0.2) is 12.3 Å². The van der Waals surface area contributed by atoms with Crippen LogP contribution in [0.1, 0.15) is 22.8 Å². The summed E-state index contributed by atoms with van der Waals surface area (Å²) in [7, 11) is 0. The molecular formula is C10H9FO3. The highest BCUT2D eigenvalue weighted by molar-refractivity contribution is 5.82. The Labute approximate surface area is 80.5 Å². The van der Waals surface area contributed by atoms with E-state index in [1.54, 1.807) is 0 Å². The second kappa shape index (κ2) is 4.00. The van der Waals surface area contributed by atoms with Gasteiger partial charge in [-0.2, -0.15) is 0 Å². The molecule has 0 N–H and O–H groups in total. The van der Waals surface area contributed by atoms with Crippen molar-refractivity contribution in [3.8, 4) is 5.75 Å². The molecule has 0 aliphatic rings. The monoisotopic (exact) mass is 196 g/mol. The first-order valence-corrected chi connectivity index (χ1v) is 3.98. The standard InChI is InChI=1S/C10H9FO3/c1-6-3-8(5-12)10(4-9(6)11)14-7(2)13/h3-5H,1-2H3. The SMILES string of the molecule is CC(=O)Oc1cc(F)c(C)cc1C=O. The van der Waals surface area contributed by atoms with Gasteiger partial charge in [-0.1, -0.05) is 0 Å². The van der Waals surface area contributed by atoms with Gasteiger partial charge in [0.2, 0.25) is 0 Å². The van der Waals surface area contributed by atoms with E-state index >= 15 is 0 Å². The number of esters is 1. The summed E-state index contributed by atoms with van der Waals surface area (Å²) < 4.78 is 17.7. The van der Waals surface area contributed by atoms with E-state index in [0.29, 0.717) is 11.8 Å². The Bertz CT molecular complexity index is 385. The lowest BCUT2D eigenvalue weighted by atomic mass is 10.1. The maximum atomic E-state index is 13.0. The Hall–Kier alpha value is -1.71. The first-order chi connectivity index (χ1) is 6.54. The molecule has 4 heteroatoms. The second-order valence-electron chi connectivity index (χ2n) is 2.85. The van der Waals surface area contributed by atoms with E-state index in [2.05, 4.69) is 4.74 Å². The predicted molar refractivity (Wildman–Crippen MR) is 47.8 cm³/mol. The number of carbonyl (C=O) groups is 2. The van der Waals surface area contributed by atoms with Crippen LogP contribution in [0.15, 0.2) is 12.1 Å². The van der Waals surface area contributed by atoms with Crippen LogP contribution in [0.2, 0.25) is 0 Å². The normalized spacial score (nSPS) is 9.64. The van der Waals surface area contributed by atoms with Crippen molar-refractivity contribution in [3.63, 3.8) is 0 Å². The molecule has 0 saturated heterocycles. The molecule has 0 heterocycles. The van der Waals surface area contributed by atoms with Gasteiger partial charge in [0.1, 0.15) is 11.6 Å². The Morgan fingerprint density at radius 3 is 2.64 bits per heavy atom. The molecule has 0 atom stereocenters. The lowest BCUT2D eigenvalue weighted by molar-refractivity contribution is -0.131. The van der Waals surface area contributed by atoms with Gasteiger partial charge < -0.3 is 4.74 Å². The average molecular weight is 196 g/mol. The summed E-state index contributed by atoms with van der Waals surface area (Å²) in [5, 5.41) is 0. The number of hydrogen-bond acceptors (Lipinski definition) is 3. The molecule has 1 aromatic carbocycles. The zero-order chi connectivity index (χ0) is 10.7. The molecule has 0 aliphatic carbocycles. The number of ether oxygens (including phenoxy) is 1. The predicted octanol–water partition coefficient (Wildman–Crippen LogP) is 1.87. The molecule has 0 unspecified atom stereocenters. The van der Waals surface area contributed by atoms with Gasteiger partial charge in [0.05, 0.1) is 5.56 Å². The molecule has 74 valence electrons. The fourth-order valence-corrected chi connectivity index (χ4v) is 1.02. The fraction of sp³-hybridized carbons (Fsp3) is 0.200. The highest BCUT2D eigenvalue weighted by atomic mass is 19.1. The molecule has 0 radical (unpaired) electrons. The topological polar surface area (TPSA) is 43.4 Å². The minimum Gasteiger partial charge on any atom is -0.426 e. The molecule has 0 spiro atoms. The molecule has 0 fully saturated rings. The zero-order valence-corrected chi connectivity index (χ0v) is 7.83. The lowest BCUT2D eigenvalue weighted by Crippen LogP contribution is -2.04. The van der Waals surface area contributed by atoms with E-state index in [1.807, 2.05) is 0 Å². The Balaban J connectivity index is 3.19. The van der Waals surface area contributed by atoms with Crippen LogP contribution in [0.5, 0.6) is 5.75 Å². The van der Waals surface area contributed by atoms with Crippen molar-refractivity contribution >= 4 is 12.3 Å². The van der Waals surface area contributed by atoms with Crippen molar-refractivity contribution in [1.29, 1.82) is 0 Å². The summed E-state index contributed by atoms with van der Waals surface area (Å²) in [5.41, 5.74) is 0.502. The minimum atomic E-state index is -0.587. The third-order valence-corrected chi connectivity index (χ3v) is 1.67. The molecule has 0 aliphatic heterocycles. The average Bonchev–Trinajstić information content (AvgIpc) is 2.10. The van der Waals surface area contributed by atoms with E-state index < -0.39 is 11.8 Å². The number of aryl methyl sites for hydroxylation is 1. The summed E-state index contributed by atoms with van der Waals surface area (Å²) in [4.78, 5) is 21.2.